The van der Waals surface area contributed by atoms with Crippen LogP contribution in [-0.4, -0.2) is 76.0 Å². The molecule has 2 aromatic carbocycles. The largest absolute Gasteiger partial charge is 0.444 e. The van der Waals surface area contributed by atoms with Crippen LogP contribution in [0, 0.1) is 17.0 Å². The molecule has 46 heavy (non-hydrogen) atoms. The van der Waals surface area contributed by atoms with Gasteiger partial charge in [0.15, 0.2) is 5.65 Å². The summed E-state index contributed by atoms with van der Waals surface area (Å²) in [6.45, 7) is 8.55. The van der Waals surface area contributed by atoms with Crippen molar-refractivity contribution in [3.63, 3.8) is 0 Å². The third kappa shape index (κ3) is 5.58. The van der Waals surface area contributed by atoms with Gasteiger partial charge in [-0.1, -0.05) is 0 Å². The Morgan fingerprint density at radius 2 is 1.76 bits per heavy atom. The summed E-state index contributed by atoms with van der Waals surface area (Å²) in [6.07, 6.45) is 1.45. The molecule has 2 atom stereocenters. The molecule has 3 fully saturated rings. The first-order valence-electron chi connectivity index (χ1n) is 15.2. The predicted molar refractivity (Wildman–Crippen MR) is 166 cm³/mol. The van der Waals surface area contributed by atoms with Gasteiger partial charge < -0.3 is 24.8 Å². The van der Waals surface area contributed by atoms with Gasteiger partial charge in [-0.15, -0.1) is 0 Å². The molecule has 0 unspecified atom stereocenters. The Morgan fingerprint density at radius 1 is 1.02 bits per heavy atom. The molecular formula is C33H34F3N7O3. The summed E-state index contributed by atoms with van der Waals surface area (Å²) in [6, 6.07) is 11.5. The van der Waals surface area contributed by atoms with Gasteiger partial charge in [-0.2, -0.15) is 5.10 Å². The lowest BCUT2D eigenvalue weighted by atomic mass is 9.73. The van der Waals surface area contributed by atoms with Crippen molar-refractivity contribution in [1.82, 2.24) is 19.5 Å². The maximum absolute atomic E-state index is 14.6. The lowest BCUT2D eigenvalue weighted by molar-refractivity contribution is -0.0453. The number of nitrogens with one attached hydrogen (secondary N) is 1. The number of carbonyl (C=O) groups excluding carboxylic acids is 2. The number of rotatable bonds is 5. The van der Waals surface area contributed by atoms with E-state index in [1.54, 1.807) is 22.1 Å². The average Bonchev–Trinajstić information content (AvgIpc) is 3.56. The van der Waals surface area contributed by atoms with E-state index in [4.69, 9.17) is 4.74 Å². The van der Waals surface area contributed by atoms with Gasteiger partial charge in [0, 0.05) is 61.1 Å². The number of hydrogen-bond acceptors (Lipinski definition) is 7. The Morgan fingerprint density at radius 3 is 2.48 bits per heavy atom. The van der Waals surface area contributed by atoms with E-state index in [1.807, 2.05) is 45.0 Å². The highest BCUT2D eigenvalue weighted by Gasteiger charge is 2.54. The first kappa shape index (κ1) is 29.9. The molecule has 3 aliphatic heterocycles. The van der Waals surface area contributed by atoms with Crippen LogP contribution in [0.1, 0.15) is 49.2 Å². The van der Waals surface area contributed by atoms with Gasteiger partial charge in [-0.25, -0.2) is 27.5 Å². The molecule has 1 spiro atoms. The molecule has 3 aliphatic rings. The summed E-state index contributed by atoms with van der Waals surface area (Å²) in [5.41, 5.74) is 1.69. The van der Waals surface area contributed by atoms with E-state index in [0.717, 1.165) is 37.0 Å². The van der Waals surface area contributed by atoms with Gasteiger partial charge in [0.1, 0.15) is 34.8 Å². The van der Waals surface area contributed by atoms with Gasteiger partial charge >= 0.3 is 6.09 Å². The number of nitrogens with zero attached hydrogens (tertiary/aromatic N) is 6. The predicted octanol–water partition coefficient (Wildman–Crippen LogP) is 5.61. The van der Waals surface area contributed by atoms with Crippen molar-refractivity contribution < 1.29 is 27.5 Å². The lowest BCUT2D eigenvalue weighted by Crippen LogP contribution is -2.73. The topological polar surface area (TPSA) is 95.3 Å². The number of anilines is 3. The molecule has 240 valence electrons. The number of ether oxygens (including phenoxy) is 1. The zero-order valence-corrected chi connectivity index (χ0v) is 25.7. The van der Waals surface area contributed by atoms with Crippen LogP contribution < -0.4 is 15.1 Å². The van der Waals surface area contributed by atoms with Gasteiger partial charge in [0.05, 0.1) is 18.8 Å². The number of hydrogen-bond donors (Lipinski definition) is 1. The Labute approximate surface area is 263 Å². The highest BCUT2D eigenvalue weighted by atomic mass is 19.1. The third-order valence-electron chi connectivity index (χ3n) is 8.71. The molecule has 4 aromatic rings. The summed E-state index contributed by atoms with van der Waals surface area (Å²) >= 11 is 0. The highest BCUT2D eigenvalue weighted by molar-refractivity contribution is 6.08. The maximum Gasteiger partial charge on any atom is 0.410 e. The van der Waals surface area contributed by atoms with E-state index >= 15 is 0 Å². The fourth-order valence-corrected chi connectivity index (χ4v) is 6.60. The first-order valence-corrected chi connectivity index (χ1v) is 15.2. The van der Waals surface area contributed by atoms with Gasteiger partial charge in [-0.05, 0) is 69.3 Å². The molecule has 3 saturated heterocycles. The van der Waals surface area contributed by atoms with E-state index in [2.05, 4.69) is 20.3 Å². The number of likely N-dealkylation sites (tertiary alicyclic amines) is 1. The number of aromatic nitrogens is 3. The highest BCUT2D eigenvalue weighted by Crippen LogP contribution is 2.43. The Kier molecular flexibility index (Phi) is 7.09. The second-order valence-electron chi connectivity index (χ2n) is 13.5. The van der Waals surface area contributed by atoms with Crippen molar-refractivity contribution in [3.05, 3.63) is 83.7 Å². The van der Waals surface area contributed by atoms with Gasteiger partial charge in [0.25, 0.3) is 5.91 Å². The average molecular weight is 634 g/mol. The molecule has 1 N–H and O–H groups in total. The summed E-state index contributed by atoms with van der Waals surface area (Å²) in [5, 5.41) is 7.12. The minimum atomic E-state index is -1.26. The van der Waals surface area contributed by atoms with Crippen LogP contribution in [-0.2, 0) is 4.74 Å². The van der Waals surface area contributed by atoms with Crippen LogP contribution >= 0.6 is 0 Å². The number of carbonyl (C=O) groups is 2. The third-order valence-corrected chi connectivity index (χ3v) is 8.71. The minimum absolute atomic E-state index is 0.0151. The second kappa shape index (κ2) is 10.9. The molecule has 0 radical (unpaired) electrons. The molecule has 10 nitrogen and oxygen atoms in total. The zero-order valence-electron chi connectivity index (χ0n) is 25.7. The van der Waals surface area contributed by atoms with Crippen LogP contribution in [0.5, 0.6) is 0 Å². The summed E-state index contributed by atoms with van der Waals surface area (Å²) < 4.78 is 50.1. The molecule has 2 amide bonds. The van der Waals surface area contributed by atoms with Crippen molar-refractivity contribution in [1.29, 1.82) is 0 Å². The Balaban J connectivity index is 1.01. The lowest BCUT2D eigenvalue weighted by Gasteiger charge is -2.60. The van der Waals surface area contributed by atoms with E-state index in [1.165, 1.54) is 10.7 Å². The smallest absolute Gasteiger partial charge is 0.410 e. The van der Waals surface area contributed by atoms with Gasteiger partial charge in [0.2, 0.25) is 0 Å². The fraction of sp³-hybridized carbons (Fsp3) is 0.394. The van der Waals surface area contributed by atoms with Crippen LogP contribution in [0.3, 0.4) is 0 Å². The van der Waals surface area contributed by atoms with Crippen molar-refractivity contribution in [2.24, 2.45) is 5.41 Å². The number of amides is 2. The van der Waals surface area contributed by atoms with E-state index in [-0.39, 0.29) is 41.2 Å². The monoisotopic (exact) mass is 633 g/mol. The zero-order chi connectivity index (χ0) is 32.4. The van der Waals surface area contributed by atoms with Crippen molar-refractivity contribution in [2.45, 2.75) is 45.0 Å². The summed E-state index contributed by atoms with van der Waals surface area (Å²) in [5.74, 6) is -1.33. The second-order valence-corrected chi connectivity index (χ2v) is 13.5. The SMILES string of the molecule is CC(C)(C)OC(=O)N1CC2(C1)CN(c1ccc(NC(=O)c3cnn4ccc(N5C[C@@H](F)C[C@@H]5c5cc(F)ccc5F)nc34)cc1)C2. The van der Waals surface area contributed by atoms with Crippen molar-refractivity contribution in [3.8, 4) is 0 Å². The van der Waals surface area contributed by atoms with Crippen LogP contribution in [0.25, 0.3) is 5.65 Å². The van der Waals surface area contributed by atoms with E-state index in [9.17, 15) is 22.8 Å². The van der Waals surface area contributed by atoms with Crippen molar-refractivity contribution in [2.75, 3.05) is 47.8 Å². The molecule has 0 bridgehead atoms. The standard InChI is InChI=1S/C33H34F3N7O3/c1-32(2,3)46-31(45)41-18-33(19-41)16-40(17-33)23-7-5-22(6-8-23)38-30(44)25-14-37-43-11-10-28(39-29(25)43)42-15-21(35)13-27(42)24-12-20(34)4-9-26(24)36/h4-12,14,21,27H,13,15-19H2,1-3H3,(H,38,44)/t21-,27+/m0/s1. The Hall–Kier alpha value is -4.81. The quantitative estimate of drug-likeness (QED) is 0.306. The van der Waals surface area contributed by atoms with Crippen LogP contribution in [0.15, 0.2) is 60.9 Å². The van der Waals surface area contributed by atoms with E-state index < -0.39 is 35.4 Å². The summed E-state index contributed by atoms with van der Waals surface area (Å²) in [7, 11) is 0. The molecule has 0 saturated carbocycles. The molecule has 7 rings (SSSR count). The van der Waals surface area contributed by atoms with Gasteiger partial charge in [-0.3, -0.25) is 4.79 Å². The Bertz CT molecular complexity index is 1810. The van der Waals surface area contributed by atoms with E-state index in [0.29, 0.717) is 24.6 Å². The molecule has 0 aliphatic carbocycles. The van der Waals surface area contributed by atoms with Crippen LogP contribution in [0.4, 0.5) is 35.2 Å². The fourth-order valence-electron chi connectivity index (χ4n) is 6.60. The number of halogens is 3. The molecule has 13 heteroatoms. The first-order chi connectivity index (χ1) is 21.9. The minimum Gasteiger partial charge on any atom is -0.444 e. The normalized spacial score (nSPS) is 20.5. The molecule has 5 heterocycles. The number of alkyl halides is 1. The number of benzene rings is 2. The maximum atomic E-state index is 14.6. The molecule has 2 aromatic heterocycles. The van der Waals surface area contributed by atoms with Crippen molar-refractivity contribution >= 4 is 34.8 Å². The van der Waals surface area contributed by atoms with Crippen LogP contribution in [0.2, 0.25) is 0 Å². The summed E-state index contributed by atoms with van der Waals surface area (Å²) in [4.78, 5) is 35.8. The number of fused-ring (bicyclic) bond motifs is 1. The molecular weight excluding hydrogens is 599 g/mol.